The number of carbonyl (C=O) groups is 3. The van der Waals surface area contributed by atoms with E-state index in [1.165, 1.54) is 10.6 Å². The van der Waals surface area contributed by atoms with Crippen molar-refractivity contribution in [3.05, 3.63) is 64.7 Å². The lowest BCUT2D eigenvalue weighted by atomic mass is 10.0. The second-order valence-electron chi connectivity index (χ2n) is 9.92. The number of nitrogens with zero attached hydrogens (tertiary/aromatic N) is 2. The van der Waals surface area contributed by atoms with Crippen LogP contribution in [0.1, 0.15) is 59.3 Å². The number of hydroxylamine groups is 2. The number of fused-ring (bicyclic) bond motifs is 3. The maximum atomic E-state index is 12.9. The lowest BCUT2D eigenvalue weighted by Crippen LogP contribution is -2.47. The molecule has 1 N–H and O–H groups in total. The third-order valence-electron chi connectivity index (χ3n) is 7.63. The Bertz CT molecular complexity index is 1200. The van der Waals surface area contributed by atoms with E-state index in [4.69, 9.17) is 14.3 Å². The molecule has 3 amide bonds. The van der Waals surface area contributed by atoms with Crippen LogP contribution in [0.25, 0.3) is 0 Å². The number of benzene rings is 2. The molecular weight excluding hydrogens is 462 g/mol. The Morgan fingerprint density at radius 1 is 1.14 bits per heavy atom. The van der Waals surface area contributed by atoms with Crippen molar-refractivity contribution in [1.29, 1.82) is 0 Å². The van der Waals surface area contributed by atoms with E-state index in [0.717, 1.165) is 30.7 Å². The minimum Gasteiger partial charge on any atom is -0.489 e. The third-order valence-corrected chi connectivity index (χ3v) is 7.63. The molecular formula is C27H29N3O6. The van der Waals surface area contributed by atoms with Crippen molar-refractivity contribution < 1.29 is 28.7 Å². The number of hydrogen-bond donors (Lipinski definition) is 1. The van der Waals surface area contributed by atoms with Gasteiger partial charge >= 0.3 is 0 Å². The number of nitrogens with one attached hydrogen (secondary N) is 1. The van der Waals surface area contributed by atoms with Gasteiger partial charge in [0, 0.05) is 30.6 Å². The van der Waals surface area contributed by atoms with Gasteiger partial charge < -0.3 is 9.47 Å². The molecule has 3 saturated heterocycles. The molecule has 0 aliphatic carbocycles. The van der Waals surface area contributed by atoms with Gasteiger partial charge in [-0.2, -0.15) is 0 Å². The molecule has 0 radical (unpaired) electrons. The van der Waals surface area contributed by atoms with E-state index in [1.807, 2.05) is 6.07 Å². The molecule has 188 valence electrons. The van der Waals surface area contributed by atoms with Gasteiger partial charge in [0.25, 0.3) is 11.8 Å². The van der Waals surface area contributed by atoms with Crippen LogP contribution in [-0.4, -0.2) is 59.1 Å². The molecule has 0 saturated carbocycles. The fourth-order valence-electron chi connectivity index (χ4n) is 5.58. The second kappa shape index (κ2) is 9.31. The Morgan fingerprint density at radius 3 is 2.69 bits per heavy atom. The summed E-state index contributed by atoms with van der Waals surface area (Å²) in [4.78, 5) is 44.5. The minimum atomic E-state index is -0.866. The highest BCUT2D eigenvalue weighted by Crippen LogP contribution is 2.35. The molecule has 0 aromatic heterocycles. The first-order chi connectivity index (χ1) is 17.5. The minimum absolute atomic E-state index is 0.181. The van der Waals surface area contributed by atoms with Crippen LogP contribution in [0.2, 0.25) is 0 Å². The van der Waals surface area contributed by atoms with Crippen molar-refractivity contribution >= 4 is 17.7 Å². The number of morpholine rings is 1. The van der Waals surface area contributed by atoms with E-state index in [-0.39, 0.29) is 31.2 Å². The normalized spacial score (nSPS) is 26.3. The number of hydrogen-bond acceptors (Lipinski definition) is 7. The Kier molecular flexibility index (Phi) is 5.99. The fourth-order valence-corrected chi connectivity index (χ4v) is 5.58. The zero-order valence-corrected chi connectivity index (χ0v) is 20.1. The molecule has 0 spiro atoms. The molecule has 3 fully saturated rings. The van der Waals surface area contributed by atoms with E-state index >= 15 is 0 Å². The van der Waals surface area contributed by atoms with E-state index in [2.05, 4.69) is 41.4 Å². The predicted molar refractivity (Wildman–Crippen MR) is 128 cm³/mol. The lowest BCUT2D eigenvalue weighted by molar-refractivity contribution is -0.183. The Labute approximate surface area is 209 Å². The van der Waals surface area contributed by atoms with Crippen molar-refractivity contribution in [3.8, 4) is 5.75 Å². The third kappa shape index (κ3) is 4.27. The summed E-state index contributed by atoms with van der Waals surface area (Å²) in [6, 6.07) is 14.7. The molecule has 4 heterocycles. The van der Waals surface area contributed by atoms with Gasteiger partial charge in [0.05, 0.1) is 24.8 Å². The molecule has 4 atom stereocenters. The van der Waals surface area contributed by atoms with E-state index in [9.17, 15) is 14.4 Å². The van der Waals surface area contributed by atoms with E-state index < -0.39 is 12.0 Å². The van der Waals surface area contributed by atoms with Crippen molar-refractivity contribution in [1.82, 2.24) is 15.3 Å². The Balaban J connectivity index is 1.08. The summed E-state index contributed by atoms with van der Waals surface area (Å²) in [5.41, 5.74) is 3.54. The van der Waals surface area contributed by atoms with Gasteiger partial charge in [-0.15, -0.1) is 0 Å². The highest BCUT2D eigenvalue weighted by molar-refractivity contribution is 6.00. The van der Waals surface area contributed by atoms with Crippen molar-refractivity contribution in [2.24, 2.45) is 0 Å². The van der Waals surface area contributed by atoms with Crippen LogP contribution in [0.5, 0.6) is 5.75 Å². The summed E-state index contributed by atoms with van der Waals surface area (Å²) in [7, 11) is 0. The fraction of sp³-hybridized carbons (Fsp3) is 0.444. The van der Waals surface area contributed by atoms with Crippen molar-refractivity contribution in [3.63, 3.8) is 0 Å². The summed E-state index contributed by atoms with van der Waals surface area (Å²) in [5.74, 6) is -0.554. The molecule has 4 aliphatic heterocycles. The van der Waals surface area contributed by atoms with Gasteiger partial charge in [-0.1, -0.05) is 30.3 Å². The van der Waals surface area contributed by atoms with Crippen LogP contribution in [0.4, 0.5) is 0 Å². The van der Waals surface area contributed by atoms with E-state index in [1.54, 1.807) is 12.1 Å². The number of carbonyl (C=O) groups excluding carboxylic acids is 3. The number of amides is 3. The van der Waals surface area contributed by atoms with Gasteiger partial charge in [-0.05, 0) is 43.0 Å². The molecule has 2 aromatic rings. The van der Waals surface area contributed by atoms with Crippen LogP contribution in [0, 0.1) is 0 Å². The maximum absolute atomic E-state index is 12.9. The summed E-state index contributed by atoms with van der Waals surface area (Å²) < 4.78 is 11.8. The number of likely N-dealkylation sites (tertiary alicyclic amines) is 1. The van der Waals surface area contributed by atoms with Gasteiger partial charge in [-0.3, -0.25) is 29.4 Å². The van der Waals surface area contributed by atoms with Crippen LogP contribution in [-0.2, 0) is 32.3 Å². The van der Waals surface area contributed by atoms with Crippen LogP contribution in [0.15, 0.2) is 42.5 Å². The van der Waals surface area contributed by atoms with Crippen LogP contribution < -0.4 is 10.1 Å². The Morgan fingerprint density at radius 2 is 1.97 bits per heavy atom. The van der Waals surface area contributed by atoms with Gasteiger partial charge in [0.15, 0.2) is 6.10 Å². The number of rotatable bonds is 7. The number of piperidine rings is 1. The average molecular weight is 492 g/mol. The molecule has 36 heavy (non-hydrogen) atoms. The highest BCUT2D eigenvalue weighted by atomic mass is 16.7. The van der Waals surface area contributed by atoms with Crippen LogP contribution >= 0.6 is 0 Å². The first kappa shape index (κ1) is 23.1. The van der Waals surface area contributed by atoms with Crippen LogP contribution in [0.3, 0.4) is 0 Å². The van der Waals surface area contributed by atoms with Gasteiger partial charge in [0.2, 0.25) is 5.91 Å². The largest absolute Gasteiger partial charge is 0.489 e. The molecule has 6 rings (SSSR count). The molecule has 4 aliphatic rings. The maximum Gasteiger partial charge on any atom is 0.278 e. The zero-order chi connectivity index (χ0) is 24.8. The first-order valence-electron chi connectivity index (χ1n) is 12.5. The van der Waals surface area contributed by atoms with Gasteiger partial charge in [-0.25, -0.2) is 5.06 Å². The highest BCUT2D eigenvalue weighted by Gasteiger charge is 2.41. The standard InChI is InChI=1S/C27H29N3O6/c1-16(29-12-20-11-19(29)15-34-20)18-7-5-17(6-8-18)14-35-23-4-2-3-21-22(23)13-30(27(21)33)36-24-9-10-25(31)28-26(24)32/h2-8,16,19-20,24H,9-15H2,1H3,(H,28,31,32). The molecule has 4 unspecified atom stereocenters. The lowest BCUT2D eigenvalue weighted by Gasteiger charge is -2.32. The predicted octanol–water partition coefficient (Wildman–Crippen LogP) is 2.49. The first-order valence-corrected chi connectivity index (χ1v) is 12.5. The van der Waals surface area contributed by atoms with E-state index in [0.29, 0.717) is 36.1 Å². The summed E-state index contributed by atoms with van der Waals surface area (Å²) in [6.45, 7) is 4.63. The smallest absolute Gasteiger partial charge is 0.278 e. The summed E-state index contributed by atoms with van der Waals surface area (Å²) in [6.07, 6.45) is 1.08. The van der Waals surface area contributed by atoms with Crippen molar-refractivity contribution in [2.75, 3.05) is 13.2 Å². The topological polar surface area (TPSA) is 97.4 Å². The summed E-state index contributed by atoms with van der Waals surface area (Å²) >= 11 is 0. The summed E-state index contributed by atoms with van der Waals surface area (Å²) in [5, 5.41) is 3.43. The average Bonchev–Trinajstić information content (AvgIpc) is 3.60. The second-order valence-corrected chi connectivity index (χ2v) is 9.92. The monoisotopic (exact) mass is 491 g/mol. The molecule has 2 bridgehead atoms. The SMILES string of the molecule is CC(c1ccc(COc2cccc3c2CN(OC2CCC(=O)NC2=O)C3=O)cc1)N1CC2CC1CO2. The number of ether oxygens (including phenoxy) is 2. The quantitative estimate of drug-likeness (QED) is 0.595. The molecule has 9 heteroatoms. The molecule has 9 nitrogen and oxygen atoms in total. The number of imide groups is 1. The zero-order valence-electron chi connectivity index (χ0n) is 20.1. The Hall–Kier alpha value is -3.27. The van der Waals surface area contributed by atoms with Gasteiger partial charge in [0.1, 0.15) is 12.4 Å². The molecule has 2 aromatic carbocycles. The van der Waals surface area contributed by atoms with Crippen molar-refractivity contribution in [2.45, 2.75) is 63.6 Å².